The van der Waals surface area contributed by atoms with Gasteiger partial charge in [0.2, 0.25) is 0 Å². The van der Waals surface area contributed by atoms with E-state index in [0.717, 1.165) is 78.0 Å². The molecule has 5 heteroatoms. The molecular weight excluding hydrogens is 938 g/mol. The van der Waals surface area contributed by atoms with E-state index in [-0.39, 0.29) is 43.6 Å². The number of rotatable bonds is 8. The van der Waals surface area contributed by atoms with Crippen LogP contribution in [0.25, 0.3) is 72.7 Å². The van der Waals surface area contributed by atoms with Crippen molar-refractivity contribution < 1.29 is 27.5 Å². The van der Waals surface area contributed by atoms with E-state index in [4.69, 9.17) is 9.97 Å². The number of para-hydroxylation sites is 1. The van der Waals surface area contributed by atoms with E-state index < -0.39 is 5.89 Å². The maximum Gasteiger partial charge on any atom is 0.148 e. The number of fused-ring (bicyclic) bond motifs is 1. The third-order valence-electron chi connectivity index (χ3n) is 11.8. The van der Waals surface area contributed by atoms with E-state index >= 15 is 0 Å². The molecular formula is C57H58N3OPt-. The van der Waals surface area contributed by atoms with Gasteiger partial charge in [-0.15, -0.1) is 29.3 Å². The van der Waals surface area contributed by atoms with Gasteiger partial charge in [-0.25, -0.2) is 4.98 Å². The van der Waals surface area contributed by atoms with Crippen LogP contribution < -0.4 is 0 Å². The average Bonchev–Trinajstić information content (AvgIpc) is 3.62. The van der Waals surface area contributed by atoms with Crippen molar-refractivity contribution >= 4 is 11.0 Å². The molecule has 0 saturated heterocycles. The van der Waals surface area contributed by atoms with E-state index in [1.54, 1.807) is 0 Å². The van der Waals surface area contributed by atoms with Crippen molar-refractivity contribution in [1.82, 2.24) is 14.5 Å². The number of pyridine rings is 1. The molecule has 8 rings (SSSR count). The largest absolute Gasteiger partial charge is 0.507 e. The smallest absolute Gasteiger partial charge is 0.148 e. The molecule has 0 amide bonds. The van der Waals surface area contributed by atoms with Crippen LogP contribution in [0.4, 0.5) is 0 Å². The number of aryl methyl sites for hydroxylation is 1. The second kappa shape index (κ2) is 17.3. The third kappa shape index (κ3) is 8.86. The van der Waals surface area contributed by atoms with Crippen molar-refractivity contribution in [3.05, 3.63) is 167 Å². The molecule has 0 unspecified atom stereocenters. The maximum absolute atomic E-state index is 12.4. The molecule has 0 atom stereocenters. The first-order valence-electron chi connectivity index (χ1n) is 22.0. The zero-order chi connectivity index (χ0) is 44.3. The van der Waals surface area contributed by atoms with Crippen LogP contribution in [0.3, 0.4) is 0 Å². The molecule has 0 spiro atoms. The number of hydrogen-bond acceptors (Lipinski definition) is 3. The SMILES string of the molecule is [2H]C(C)(C)c1cc(-c2ccccc2)cc(-n2c(-c3cc(C(C)(C)C)cc(C(C)(C)C)c3O)nc3c(-c4[c-]c(-c5cc(-c6ccc(C)cc6)ccn5)cc(C(C)C)c4)cccc32)c1.[Pt]. The molecule has 318 valence electrons. The second-order valence-corrected chi connectivity index (χ2v) is 19.2. The van der Waals surface area contributed by atoms with Gasteiger partial charge in [0.25, 0.3) is 0 Å². The summed E-state index contributed by atoms with van der Waals surface area (Å²) in [7, 11) is 0. The quantitative estimate of drug-likeness (QED) is 0.154. The van der Waals surface area contributed by atoms with E-state index in [9.17, 15) is 6.48 Å². The monoisotopic (exact) mass is 996 g/mol. The Kier molecular flexibility index (Phi) is 12.0. The summed E-state index contributed by atoms with van der Waals surface area (Å²) in [5.41, 5.74) is 15.9. The van der Waals surface area contributed by atoms with Gasteiger partial charge in [0.15, 0.2) is 0 Å². The Bertz CT molecular complexity index is 2940. The molecule has 0 saturated carbocycles. The van der Waals surface area contributed by atoms with Crippen molar-refractivity contribution in [3.8, 4) is 67.5 Å². The number of benzene rings is 6. The molecule has 8 aromatic rings. The average molecular weight is 997 g/mol. The first-order chi connectivity index (χ1) is 29.3. The predicted octanol–water partition coefficient (Wildman–Crippen LogP) is 15.4. The van der Waals surface area contributed by atoms with E-state index in [0.29, 0.717) is 11.4 Å². The minimum Gasteiger partial charge on any atom is -0.507 e. The standard InChI is InChI=1S/C57H58N3O.Pt/c1-35(2)41-27-44(29-45(28-41)51-32-40(24-25-58-51)39-22-20-37(5)21-23-39)48-18-15-19-52-53(48)59-55(49-33-46(56(6,7)8)34-50(54(49)61)57(9,10)11)60(52)47-30-42(36(3)4)26-43(31-47)38-16-13-12-14-17-38;/h12-28,30-36,61H,1-11H3;/q-1;/i36D;. The minimum absolute atomic E-state index is 0. The number of phenolic OH excluding ortho intramolecular Hbond substituents is 1. The van der Waals surface area contributed by atoms with Crippen LogP contribution in [0, 0.1) is 13.0 Å². The zero-order valence-electron chi connectivity index (χ0n) is 38.9. The summed E-state index contributed by atoms with van der Waals surface area (Å²) in [6.45, 7) is 23.5. The number of aromatic hydroxyl groups is 1. The van der Waals surface area contributed by atoms with Crippen LogP contribution in [0.5, 0.6) is 5.75 Å². The van der Waals surface area contributed by atoms with Crippen molar-refractivity contribution in [2.45, 2.75) is 98.8 Å². The normalized spacial score (nSPS) is 12.4. The number of nitrogens with zero attached hydrogens (tertiary/aromatic N) is 3. The van der Waals surface area contributed by atoms with Crippen LogP contribution in [0.15, 0.2) is 134 Å². The van der Waals surface area contributed by atoms with Crippen molar-refractivity contribution in [2.24, 2.45) is 0 Å². The van der Waals surface area contributed by atoms with E-state index in [1.807, 2.05) is 38.2 Å². The first kappa shape index (κ1) is 43.1. The number of aromatic nitrogens is 3. The molecule has 0 bridgehead atoms. The van der Waals surface area contributed by atoms with Gasteiger partial charge in [-0.3, -0.25) is 9.55 Å². The summed E-state index contributed by atoms with van der Waals surface area (Å²) in [4.78, 5) is 10.5. The van der Waals surface area contributed by atoms with Crippen LogP contribution >= 0.6 is 0 Å². The molecule has 2 heterocycles. The Hall–Kier alpha value is -5.57. The molecule has 1 N–H and O–H groups in total. The van der Waals surface area contributed by atoms with Crippen molar-refractivity contribution in [1.29, 1.82) is 0 Å². The van der Waals surface area contributed by atoms with Crippen LogP contribution in [0.1, 0.15) is 110 Å². The topological polar surface area (TPSA) is 50.9 Å². The second-order valence-electron chi connectivity index (χ2n) is 19.2. The molecule has 0 aliphatic carbocycles. The number of imidazole rings is 1. The first-order valence-corrected chi connectivity index (χ1v) is 21.5. The molecule has 0 aliphatic rings. The van der Waals surface area contributed by atoms with Crippen LogP contribution in [-0.4, -0.2) is 19.6 Å². The fourth-order valence-corrected chi connectivity index (χ4v) is 8.11. The van der Waals surface area contributed by atoms with Crippen LogP contribution in [-0.2, 0) is 31.9 Å². The van der Waals surface area contributed by atoms with Gasteiger partial charge in [0, 0.05) is 45.6 Å². The Balaban J connectivity index is 0.00000595. The minimum atomic E-state index is -0.887. The molecule has 0 aliphatic heterocycles. The van der Waals surface area contributed by atoms with Gasteiger partial charge in [-0.05, 0) is 93.3 Å². The predicted molar refractivity (Wildman–Crippen MR) is 257 cm³/mol. The van der Waals surface area contributed by atoms with Gasteiger partial charge >= 0.3 is 0 Å². The Morgan fingerprint density at radius 1 is 0.645 bits per heavy atom. The van der Waals surface area contributed by atoms with E-state index in [2.05, 4.69) is 182 Å². The fourth-order valence-electron chi connectivity index (χ4n) is 8.11. The van der Waals surface area contributed by atoms with Gasteiger partial charge in [0.05, 0.1) is 16.6 Å². The third-order valence-corrected chi connectivity index (χ3v) is 11.8. The summed E-state index contributed by atoms with van der Waals surface area (Å²) in [5, 5.41) is 12.4. The summed E-state index contributed by atoms with van der Waals surface area (Å²) in [6, 6.07) is 48.4. The molecule has 2 aromatic heterocycles. The molecule has 6 aromatic carbocycles. The summed E-state index contributed by atoms with van der Waals surface area (Å²) in [5.74, 6) is 0.213. The Labute approximate surface area is 384 Å². The van der Waals surface area contributed by atoms with Gasteiger partial charge in [0.1, 0.15) is 11.6 Å². The molecule has 0 fully saturated rings. The molecule has 0 radical (unpaired) electrons. The zero-order valence-corrected chi connectivity index (χ0v) is 40.2. The number of hydrogen-bond donors (Lipinski definition) is 1. The van der Waals surface area contributed by atoms with Crippen molar-refractivity contribution in [3.63, 3.8) is 0 Å². The Morgan fingerprint density at radius 3 is 2.00 bits per heavy atom. The van der Waals surface area contributed by atoms with Gasteiger partial charge in [-0.1, -0.05) is 171 Å². The number of phenols is 1. The molecule has 4 nitrogen and oxygen atoms in total. The molecule has 62 heavy (non-hydrogen) atoms. The van der Waals surface area contributed by atoms with Gasteiger partial charge < -0.3 is 5.11 Å². The fraction of sp³-hybridized carbons (Fsp3) is 0.263. The maximum atomic E-state index is 12.4. The Morgan fingerprint density at radius 2 is 1.34 bits per heavy atom. The van der Waals surface area contributed by atoms with Gasteiger partial charge in [-0.2, -0.15) is 0 Å². The summed E-state index contributed by atoms with van der Waals surface area (Å²) < 4.78 is 11.4. The van der Waals surface area contributed by atoms with E-state index in [1.165, 1.54) is 11.1 Å². The van der Waals surface area contributed by atoms with Crippen molar-refractivity contribution in [2.75, 3.05) is 0 Å². The summed E-state index contributed by atoms with van der Waals surface area (Å²) >= 11 is 0. The summed E-state index contributed by atoms with van der Waals surface area (Å²) in [6.07, 6.45) is 1.88. The van der Waals surface area contributed by atoms with Crippen LogP contribution in [0.2, 0.25) is 0 Å².